The molecule has 0 bridgehead atoms. The average Bonchev–Trinajstić information content (AvgIpc) is 2.27. The Hall–Kier alpha value is -0.520. The summed E-state index contributed by atoms with van der Waals surface area (Å²) in [5.41, 5.74) is 1.88. The molecule has 0 rings (SSSR count). The maximum absolute atomic E-state index is 4.03. The van der Waals surface area contributed by atoms with Gasteiger partial charge in [-0.2, -0.15) is 0 Å². The largest absolute Gasteiger partial charge is 0.0999 e. The molecule has 0 heterocycles. The van der Waals surface area contributed by atoms with Crippen LogP contribution >= 0.6 is 0 Å². The molecule has 0 aliphatic carbocycles. The van der Waals surface area contributed by atoms with Crippen molar-refractivity contribution in [2.75, 3.05) is 0 Å². The van der Waals surface area contributed by atoms with Crippen LogP contribution in [0, 0.1) is 5.41 Å². The highest BCUT2D eigenvalue weighted by Crippen LogP contribution is 2.24. The maximum atomic E-state index is 4.03. The van der Waals surface area contributed by atoms with Gasteiger partial charge in [-0.25, -0.2) is 0 Å². The van der Waals surface area contributed by atoms with Gasteiger partial charge in [-0.05, 0) is 43.9 Å². The molecule has 0 aromatic rings. The van der Waals surface area contributed by atoms with Crippen molar-refractivity contribution in [2.45, 2.75) is 72.6 Å². The van der Waals surface area contributed by atoms with Crippen molar-refractivity contribution in [1.29, 1.82) is 0 Å². The van der Waals surface area contributed by atoms with Crippen LogP contribution < -0.4 is 0 Å². The first-order valence-electron chi connectivity index (χ1n) is 6.83. The monoisotopic (exact) mass is 222 g/mol. The molecule has 94 valence electrons. The lowest BCUT2D eigenvalue weighted by atomic mass is 9.86. The second kappa shape index (κ2) is 8.61. The van der Waals surface area contributed by atoms with Gasteiger partial charge in [0, 0.05) is 0 Å². The minimum Gasteiger partial charge on any atom is -0.0999 e. The van der Waals surface area contributed by atoms with Gasteiger partial charge in [-0.15, -0.1) is 0 Å². The summed E-state index contributed by atoms with van der Waals surface area (Å²) in [6.45, 7) is 13.2. The highest BCUT2D eigenvalue weighted by Gasteiger charge is 2.11. The molecule has 0 atom stereocenters. The summed E-state index contributed by atoms with van der Waals surface area (Å²) in [6, 6.07) is 0. The number of rotatable bonds is 9. The van der Waals surface area contributed by atoms with E-state index in [9.17, 15) is 0 Å². The van der Waals surface area contributed by atoms with Crippen molar-refractivity contribution in [3.8, 4) is 0 Å². The number of hydrogen-bond donors (Lipinski definition) is 0. The van der Waals surface area contributed by atoms with Crippen LogP contribution in [0.4, 0.5) is 0 Å². The van der Waals surface area contributed by atoms with E-state index in [4.69, 9.17) is 0 Å². The fourth-order valence-corrected chi connectivity index (χ4v) is 1.48. The second-order valence-corrected chi connectivity index (χ2v) is 5.54. The fourth-order valence-electron chi connectivity index (χ4n) is 1.48. The van der Waals surface area contributed by atoms with Gasteiger partial charge in [0.1, 0.15) is 0 Å². The molecule has 0 unspecified atom stereocenters. The van der Waals surface area contributed by atoms with Gasteiger partial charge < -0.3 is 0 Å². The molecule has 0 radical (unpaired) electrons. The number of allylic oxidation sites excluding steroid dienone is 3. The van der Waals surface area contributed by atoms with Crippen LogP contribution in [-0.2, 0) is 0 Å². The van der Waals surface area contributed by atoms with Gasteiger partial charge in [-0.3, -0.25) is 0 Å². The summed E-state index contributed by atoms with van der Waals surface area (Å²) < 4.78 is 0. The molecule has 0 fully saturated rings. The number of unbranched alkanes of at least 4 members (excludes halogenated alkanes) is 2. The van der Waals surface area contributed by atoms with Gasteiger partial charge in [0.2, 0.25) is 0 Å². The zero-order valence-corrected chi connectivity index (χ0v) is 11.8. The quantitative estimate of drug-likeness (QED) is 0.337. The first-order valence-corrected chi connectivity index (χ1v) is 6.83. The smallest absolute Gasteiger partial charge is 0.0299 e. The van der Waals surface area contributed by atoms with Crippen molar-refractivity contribution in [2.24, 2.45) is 5.41 Å². The Bertz CT molecular complexity index is 208. The van der Waals surface area contributed by atoms with E-state index >= 15 is 0 Å². The third-order valence-corrected chi connectivity index (χ3v) is 3.45. The molecule has 0 heteroatoms. The lowest BCUT2D eigenvalue weighted by Gasteiger charge is -2.19. The standard InChI is InChI=1S/C16H30/c1-6-15(3)13-11-9-8-10-12-14-16(4,5)7-2/h10,12H,3,6-9,11,13-14H2,1-2,4-5H3. The van der Waals surface area contributed by atoms with Gasteiger partial charge in [0.15, 0.2) is 0 Å². The van der Waals surface area contributed by atoms with Crippen LogP contribution in [0.2, 0.25) is 0 Å². The summed E-state index contributed by atoms with van der Waals surface area (Å²) >= 11 is 0. The first kappa shape index (κ1) is 15.5. The Balaban J connectivity index is 3.45. The Kier molecular flexibility index (Phi) is 8.33. The molecule has 0 nitrogen and oxygen atoms in total. The molecule has 0 aromatic heterocycles. The maximum Gasteiger partial charge on any atom is -0.0299 e. The molecule has 0 amide bonds. The molecule has 16 heavy (non-hydrogen) atoms. The molecular formula is C16H30. The first-order chi connectivity index (χ1) is 7.52. The van der Waals surface area contributed by atoms with E-state index in [1.807, 2.05) is 0 Å². The SMILES string of the molecule is C=C(CC)CCCCC=CCC(C)(C)CC. The molecular weight excluding hydrogens is 192 g/mol. The number of hydrogen-bond acceptors (Lipinski definition) is 0. The molecule has 0 aromatic carbocycles. The fraction of sp³-hybridized carbons (Fsp3) is 0.750. The molecule has 0 spiro atoms. The van der Waals surface area contributed by atoms with E-state index in [2.05, 4.69) is 46.4 Å². The normalized spacial score (nSPS) is 12.2. The third-order valence-electron chi connectivity index (χ3n) is 3.45. The lowest BCUT2D eigenvalue weighted by Crippen LogP contribution is -2.07. The molecule has 0 N–H and O–H groups in total. The Morgan fingerprint density at radius 1 is 1.12 bits per heavy atom. The average molecular weight is 222 g/mol. The summed E-state index contributed by atoms with van der Waals surface area (Å²) in [6.07, 6.45) is 13.4. The van der Waals surface area contributed by atoms with Crippen molar-refractivity contribution in [3.63, 3.8) is 0 Å². The third kappa shape index (κ3) is 8.76. The van der Waals surface area contributed by atoms with E-state index in [1.165, 1.54) is 44.1 Å². The van der Waals surface area contributed by atoms with Crippen molar-refractivity contribution >= 4 is 0 Å². The van der Waals surface area contributed by atoms with Gasteiger partial charge in [0.05, 0.1) is 0 Å². The van der Waals surface area contributed by atoms with Crippen LogP contribution in [0.25, 0.3) is 0 Å². The zero-order chi connectivity index (χ0) is 12.4. The van der Waals surface area contributed by atoms with Crippen molar-refractivity contribution in [1.82, 2.24) is 0 Å². The predicted octanol–water partition coefficient (Wildman–Crippen LogP) is 5.90. The Labute approximate surface area is 103 Å². The summed E-state index contributed by atoms with van der Waals surface area (Å²) in [7, 11) is 0. The zero-order valence-electron chi connectivity index (χ0n) is 11.8. The van der Waals surface area contributed by atoms with Crippen LogP contribution in [0.15, 0.2) is 24.3 Å². The molecule has 0 saturated heterocycles. The van der Waals surface area contributed by atoms with E-state index in [0.717, 1.165) is 6.42 Å². The van der Waals surface area contributed by atoms with Gasteiger partial charge >= 0.3 is 0 Å². The summed E-state index contributed by atoms with van der Waals surface area (Å²) in [5.74, 6) is 0. The topological polar surface area (TPSA) is 0 Å². The van der Waals surface area contributed by atoms with E-state index in [0.29, 0.717) is 5.41 Å². The van der Waals surface area contributed by atoms with E-state index in [-0.39, 0.29) is 0 Å². The summed E-state index contributed by atoms with van der Waals surface area (Å²) in [4.78, 5) is 0. The highest BCUT2D eigenvalue weighted by molar-refractivity contribution is 4.92. The van der Waals surface area contributed by atoms with Crippen molar-refractivity contribution < 1.29 is 0 Å². The Morgan fingerprint density at radius 3 is 2.38 bits per heavy atom. The van der Waals surface area contributed by atoms with Crippen LogP contribution in [-0.4, -0.2) is 0 Å². The molecule has 0 aliphatic rings. The predicted molar refractivity (Wildman–Crippen MR) is 75.7 cm³/mol. The highest BCUT2D eigenvalue weighted by atomic mass is 14.2. The van der Waals surface area contributed by atoms with Gasteiger partial charge in [-0.1, -0.05) is 58.4 Å². The van der Waals surface area contributed by atoms with E-state index < -0.39 is 0 Å². The van der Waals surface area contributed by atoms with Crippen LogP contribution in [0.5, 0.6) is 0 Å². The second-order valence-electron chi connectivity index (χ2n) is 5.54. The minimum absolute atomic E-state index is 0.479. The van der Waals surface area contributed by atoms with Crippen LogP contribution in [0.3, 0.4) is 0 Å². The van der Waals surface area contributed by atoms with Gasteiger partial charge in [0.25, 0.3) is 0 Å². The summed E-state index contributed by atoms with van der Waals surface area (Å²) in [5, 5.41) is 0. The lowest BCUT2D eigenvalue weighted by molar-refractivity contribution is 0.356. The van der Waals surface area contributed by atoms with E-state index in [1.54, 1.807) is 0 Å². The van der Waals surface area contributed by atoms with Crippen LogP contribution in [0.1, 0.15) is 72.6 Å². The Morgan fingerprint density at radius 2 is 1.81 bits per heavy atom. The van der Waals surface area contributed by atoms with Crippen molar-refractivity contribution in [3.05, 3.63) is 24.3 Å². The molecule has 0 aliphatic heterocycles. The molecule has 0 saturated carbocycles. The minimum atomic E-state index is 0.479.